The van der Waals surface area contributed by atoms with Crippen molar-refractivity contribution in [1.82, 2.24) is 0 Å². The summed E-state index contributed by atoms with van der Waals surface area (Å²) < 4.78 is 6.10. The van der Waals surface area contributed by atoms with E-state index in [2.05, 4.69) is 53.1 Å². The van der Waals surface area contributed by atoms with Crippen molar-refractivity contribution in [3.05, 3.63) is 76.3 Å². The Hall–Kier alpha value is -3.24. The zero-order valence-corrected chi connectivity index (χ0v) is 20.0. The molecule has 1 aliphatic rings. The second kappa shape index (κ2) is 12.7. The Morgan fingerprint density at radius 3 is 2.55 bits per heavy atom. The number of nitriles is 1. The first-order valence-corrected chi connectivity index (χ1v) is 12.2. The molecule has 1 fully saturated rings. The summed E-state index contributed by atoms with van der Waals surface area (Å²) in [5, 5.41) is 9.04. The van der Waals surface area contributed by atoms with Gasteiger partial charge in [0.05, 0.1) is 19.2 Å². The summed E-state index contributed by atoms with van der Waals surface area (Å²) >= 11 is 0. The number of benzene rings is 2. The monoisotopic (exact) mass is 441 g/mol. The molecule has 0 bridgehead atoms. The predicted octanol–water partition coefficient (Wildman–Crippen LogP) is 7.51. The van der Waals surface area contributed by atoms with E-state index >= 15 is 0 Å². The molecule has 1 aliphatic carbocycles. The lowest BCUT2D eigenvalue weighted by Crippen LogP contribution is -2.29. The number of nitrogens with zero attached hydrogens (tertiary/aromatic N) is 3. The summed E-state index contributed by atoms with van der Waals surface area (Å²) in [6, 6.07) is 16.9. The molecular formula is C29H35N3O. The van der Waals surface area contributed by atoms with Gasteiger partial charge in [0.2, 0.25) is 0 Å². The van der Waals surface area contributed by atoms with Crippen LogP contribution in [0.5, 0.6) is 5.75 Å². The minimum Gasteiger partial charge on any atom is -0.492 e. The number of hydrogen-bond acceptors (Lipinski definition) is 3. The highest BCUT2D eigenvalue weighted by molar-refractivity contribution is 5.65. The van der Waals surface area contributed by atoms with Gasteiger partial charge >= 0.3 is 0 Å². The molecule has 0 aromatic heterocycles. The maximum atomic E-state index is 9.04. The van der Waals surface area contributed by atoms with Crippen LogP contribution in [0.1, 0.15) is 74.5 Å². The zero-order valence-electron chi connectivity index (χ0n) is 20.0. The molecule has 33 heavy (non-hydrogen) atoms. The second-order valence-electron chi connectivity index (χ2n) is 8.89. The van der Waals surface area contributed by atoms with E-state index in [-0.39, 0.29) is 5.70 Å². The van der Waals surface area contributed by atoms with E-state index in [4.69, 9.17) is 16.6 Å². The van der Waals surface area contributed by atoms with Gasteiger partial charge in [0.25, 0.3) is 5.70 Å². The lowest BCUT2D eigenvalue weighted by Gasteiger charge is -2.26. The topological polar surface area (TPSA) is 40.6 Å². The fourth-order valence-electron chi connectivity index (χ4n) is 4.52. The van der Waals surface area contributed by atoms with E-state index in [0.717, 1.165) is 54.4 Å². The van der Waals surface area contributed by atoms with Crippen molar-refractivity contribution in [3.63, 3.8) is 0 Å². The largest absolute Gasteiger partial charge is 0.492 e. The van der Waals surface area contributed by atoms with E-state index in [9.17, 15) is 0 Å². The summed E-state index contributed by atoms with van der Waals surface area (Å²) in [5.74, 6) is 1.65. The van der Waals surface area contributed by atoms with Gasteiger partial charge in [0.1, 0.15) is 12.4 Å². The van der Waals surface area contributed by atoms with Gasteiger partial charge in [-0.2, -0.15) is 0 Å². The van der Waals surface area contributed by atoms with Crippen molar-refractivity contribution in [2.75, 3.05) is 24.6 Å². The van der Waals surface area contributed by atoms with E-state index in [1.807, 2.05) is 19.1 Å². The smallest absolute Gasteiger partial charge is 0.262 e. The van der Waals surface area contributed by atoms with Crippen LogP contribution in [0.2, 0.25) is 0 Å². The Morgan fingerprint density at radius 2 is 1.91 bits per heavy atom. The molecular weight excluding hydrogens is 406 g/mol. The normalized spacial score (nSPS) is 14.4. The lowest BCUT2D eigenvalue weighted by atomic mass is 9.84. The third kappa shape index (κ3) is 7.13. The zero-order chi connectivity index (χ0) is 23.5. The van der Waals surface area contributed by atoms with Gasteiger partial charge in [-0.05, 0) is 79.1 Å². The van der Waals surface area contributed by atoms with Gasteiger partial charge in [0, 0.05) is 12.2 Å². The average molecular weight is 442 g/mol. The number of allylic oxidation sites excluding steroid dienone is 1. The summed E-state index contributed by atoms with van der Waals surface area (Å²) in [6.07, 6.45) is 10.6. The number of unbranched alkanes of at least 4 members (excludes halogenated alkanes) is 1. The van der Waals surface area contributed by atoms with E-state index in [1.165, 1.54) is 37.7 Å². The van der Waals surface area contributed by atoms with Crippen molar-refractivity contribution in [2.24, 2.45) is 0 Å². The molecule has 2 aromatic carbocycles. The molecule has 0 N–H and O–H groups in total. The van der Waals surface area contributed by atoms with Crippen molar-refractivity contribution >= 4 is 11.8 Å². The van der Waals surface area contributed by atoms with Crippen LogP contribution < -0.4 is 9.64 Å². The molecule has 0 saturated heterocycles. The number of rotatable bonds is 10. The van der Waals surface area contributed by atoms with Crippen LogP contribution in [0.3, 0.4) is 0 Å². The highest BCUT2D eigenvalue weighted by Gasteiger charge is 2.15. The molecule has 172 valence electrons. The Balaban J connectivity index is 1.61. The molecule has 0 atom stereocenters. The number of hydrogen-bond donors (Lipinski definition) is 0. The van der Waals surface area contributed by atoms with E-state index in [0.29, 0.717) is 6.61 Å². The maximum Gasteiger partial charge on any atom is 0.262 e. The van der Waals surface area contributed by atoms with Crippen LogP contribution in [-0.2, 0) is 0 Å². The van der Waals surface area contributed by atoms with Gasteiger partial charge in [-0.25, -0.2) is 10.1 Å². The van der Waals surface area contributed by atoms with Crippen LogP contribution >= 0.6 is 0 Å². The summed E-state index contributed by atoms with van der Waals surface area (Å²) in [6.45, 7) is 13.7. The van der Waals surface area contributed by atoms with E-state index in [1.54, 1.807) is 6.08 Å². The summed E-state index contributed by atoms with van der Waals surface area (Å²) in [7, 11) is 0. The molecule has 0 heterocycles. The van der Waals surface area contributed by atoms with Gasteiger partial charge in [-0.15, -0.1) is 0 Å². The van der Waals surface area contributed by atoms with Crippen molar-refractivity contribution < 1.29 is 4.74 Å². The van der Waals surface area contributed by atoms with Gasteiger partial charge in [0.15, 0.2) is 0 Å². The first kappa shape index (κ1) is 24.4. The number of aryl methyl sites for hydroxylation is 1. The standard InChI is InChI=1S/C29H35N3O/c1-4-5-17-32(28-14-11-26(23(2)20-28)21-27(22-30)31-3)18-19-33-29-15-12-25(13-16-29)24-9-7-6-8-10-24/h11-16,20-21,24H,4-10,17-19H2,1-2H3/b27-21+. The van der Waals surface area contributed by atoms with Gasteiger partial charge in [-0.1, -0.05) is 50.8 Å². The minimum absolute atomic E-state index is 0.108. The minimum atomic E-state index is 0.108. The van der Waals surface area contributed by atoms with Crippen LogP contribution in [0, 0.1) is 24.8 Å². The highest BCUT2D eigenvalue weighted by atomic mass is 16.5. The van der Waals surface area contributed by atoms with Gasteiger partial charge in [-0.3, -0.25) is 0 Å². The van der Waals surface area contributed by atoms with Crippen molar-refractivity contribution in [2.45, 2.75) is 64.7 Å². The number of ether oxygens (including phenoxy) is 1. The van der Waals surface area contributed by atoms with Crippen molar-refractivity contribution in [3.8, 4) is 11.8 Å². The molecule has 3 rings (SSSR count). The Bertz CT molecular complexity index is 989. The first-order chi connectivity index (χ1) is 16.1. The Kier molecular flexibility index (Phi) is 9.40. The third-order valence-electron chi connectivity index (χ3n) is 6.51. The van der Waals surface area contributed by atoms with Gasteiger partial charge < -0.3 is 9.64 Å². The Labute approximate surface area is 199 Å². The Morgan fingerprint density at radius 1 is 1.15 bits per heavy atom. The highest BCUT2D eigenvalue weighted by Crippen LogP contribution is 2.33. The molecule has 0 unspecified atom stereocenters. The predicted molar refractivity (Wildman–Crippen MR) is 136 cm³/mol. The fraction of sp³-hybridized carbons (Fsp3) is 0.448. The quantitative estimate of drug-likeness (QED) is 0.283. The first-order valence-electron chi connectivity index (χ1n) is 12.2. The van der Waals surface area contributed by atoms with Crippen LogP contribution in [0.15, 0.2) is 48.2 Å². The van der Waals surface area contributed by atoms with E-state index < -0.39 is 0 Å². The number of anilines is 1. The van der Waals surface area contributed by atoms with Crippen LogP contribution in [0.4, 0.5) is 5.69 Å². The summed E-state index contributed by atoms with van der Waals surface area (Å²) in [4.78, 5) is 5.63. The molecule has 1 saturated carbocycles. The molecule has 0 aliphatic heterocycles. The molecule has 0 amide bonds. The van der Waals surface area contributed by atoms with Crippen molar-refractivity contribution in [1.29, 1.82) is 5.26 Å². The maximum absolute atomic E-state index is 9.04. The van der Waals surface area contributed by atoms with Crippen LogP contribution in [-0.4, -0.2) is 19.7 Å². The third-order valence-corrected chi connectivity index (χ3v) is 6.51. The fourth-order valence-corrected chi connectivity index (χ4v) is 4.52. The SMILES string of the molecule is [C-]#[N+]/C(C#N)=C/c1ccc(N(CCCC)CCOc2ccc(C3CCCCC3)cc2)cc1C. The van der Waals surface area contributed by atoms with Crippen LogP contribution in [0.25, 0.3) is 10.9 Å². The molecule has 0 radical (unpaired) electrons. The summed E-state index contributed by atoms with van der Waals surface area (Å²) in [5.41, 5.74) is 4.68. The molecule has 4 heteroatoms. The molecule has 4 nitrogen and oxygen atoms in total. The average Bonchev–Trinajstić information content (AvgIpc) is 2.86. The molecule has 0 spiro atoms. The lowest BCUT2D eigenvalue weighted by molar-refractivity contribution is 0.323. The second-order valence-corrected chi connectivity index (χ2v) is 8.89. The molecule has 2 aromatic rings.